The van der Waals surface area contributed by atoms with Crippen LogP contribution in [0.15, 0.2) is 17.7 Å². The summed E-state index contributed by atoms with van der Waals surface area (Å²) in [6.07, 6.45) is 1.86. The van der Waals surface area contributed by atoms with Crippen molar-refractivity contribution in [3.63, 3.8) is 0 Å². The van der Waals surface area contributed by atoms with Crippen molar-refractivity contribution in [2.75, 3.05) is 0 Å². The number of hydrogen-bond acceptors (Lipinski definition) is 1. The van der Waals surface area contributed by atoms with Crippen LogP contribution >= 0.6 is 11.6 Å². The van der Waals surface area contributed by atoms with E-state index >= 15 is 0 Å². The molecule has 0 fully saturated rings. The van der Waals surface area contributed by atoms with Crippen molar-refractivity contribution in [2.24, 2.45) is 0 Å². The second-order valence-corrected chi connectivity index (χ2v) is 2.72. The van der Waals surface area contributed by atoms with E-state index in [1.54, 1.807) is 0 Å². The smallest absolute Gasteiger partial charge is 0.0604 e. The van der Waals surface area contributed by atoms with Crippen LogP contribution in [0, 0.1) is 13.8 Å². The van der Waals surface area contributed by atoms with Crippen molar-refractivity contribution in [2.45, 2.75) is 20.4 Å². The topological polar surface area (TPSA) is 17.8 Å². The van der Waals surface area contributed by atoms with E-state index in [9.17, 15) is 0 Å². The van der Waals surface area contributed by atoms with Crippen molar-refractivity contribution >= 4 is 11.6 Å². The third-order valence-electron chi connectivity index (χ3n) is 1.47. The Morgan fingerprint density at radius 1 is 1.64 bits per heavy atom. The lowest BCUT2D eigenvalue weighted by Gasteiger charge is -1.96. The molecule has 3 heteroatoms. The van der Waals surface area contributed by atoms with Crippen molar-refractivity contribution in [3.05, 3.63) is 29.1 Å². The molecule has 0 aromatic carbocycles. The number of allylic oxidation sites excluding steroid dienone is 1. The molecular formula is C8H11ClN2. The average molecular weight is 171 g/mol. The van der Waals surface area contributed by atoms with Crippen LogP contribution in [0.2, 0.25) is 0 Å². The van der Waals surface area contributed by atoms with Gasteiger partial charge >= 0.3 is 0 Å². The summed E-state index contributed by atoms with van der Waals surface area (Å²) in [5, 5.41) is 4.25. The lowest BCUT2D eigenvalue weighted by Crippen LogP contribution is -1.99. The van der Waals surface area contributed by atoms with Gasteiger partial charge in [-0.1, -0.05) is 17.7 Å². The van der Waals surface area contributed by atoms with E-state index in [0.717, 1.165) is 17.9 Å². The summed E-state index contributed by atoms with van der Waals surface area (Å²) in [6.45, 7) is 4.76. The molecule has 1 rings (SSSR count). The summed E-state index contributed by atoms with van der Waals surface area (Å²) >= 11 is 5.39. The Hall–Kier alpha value is -0.760. The van der Waals surface area contributed by atoms with Crippen molar-refractivity contribution < 1.29 is 0 Å². The van der Waals surface area contributed by atoms with Gasteiger partial charge in [0.05, 0.1) is 12.2 Å². The summed E-state index contributed by atoms with van der Waals surface area (Å²) in [5.41, 5.74) is 3.72. The minimum absolute atomic E-state index is 0.753. The lowest BCUT2D eigenvalue weighted by atomic mass is 10.4. The maximum atomic E-state index is 5.39. The van der Waals surface area contributed by atoms with E-state index in [0.29, 0.717) is 0 Å². The summed E-state index contributed by atoms with van der Waals surface area (Å²) in [7, 11) is 0. The molecule has 0 aliphatic heterocycles. The highest BCUT2D eigenvalue weighted by molar-refractivity contribution is 6.25. The van der Waals surface area contributed by atoms with Gasteiger partial charge in [0.25, 0.3) is 0 Å². The van der Waals surface area contributed by atoms with Crippen LogP contribution in [0.25, 0.3) is 0 Å². The zero-order valence-corrected chi connectivity index (χ0v) is 7.47. The second-order valence-electron chi connectivity index (χ2n) is 2.47. The molecule has 11 heavy (non-hydrogen) atoms. The lowest BCUT2D eigenvalue weighted by molar-refractivity contribution is 0.672. The molecule has 60 valence electrons. The van der Waals surface area contributed by atoms with Gasteiger partial charge in [-0.05, 0) is 19.9 Å². The van der Waals surface area contributed by atoms with Gasteiger partial charge in [0.15, 0.2) is 0 Å². The SMILES string of the molecule is Cc1cc(C)n(CC=CCl)n1. The van der Waals surface area contributed by atoms with Crippen LogP contribution in [0.5, 0.6) is 0 Å². The van der Waals surface area contributed by atoms with E-state index in [1.807, 2.05) is 30.7 Å². The normalized spacial score (nSPS) is 11.2. The molecule has 1 aromatic heterocycles. The first-order valence-corrected chi connectivity index (χ1v) is 3.94. The quantitative estimate of drug-likeness (QED) is 0.666. The second kappa shape index (κ2) is 3.58. The van der Waals surface area contributed by atoms with Gasteiger partial charge in [-0.2, -0.15) is 5.10 Å². The molecule has 0 atom stereocenters. The van der Waals surface area contributed by atoms with Crippen LogP contribution < -0.4 is 0 Å². The van der Waals surface area contributed by atoms with Gasteiger partial charge in [0, 0.05) is 11.2 Å². The third-order valence-corrected chi connectivity index (χ3v) is 1.65. The molecule has 0 unspecified atom stereocenters. The highest BCUT2D eigenvalue weighted by atomic mass is 35.5. The molecule has 0 spiro atoms. The molecular weight excluding hydrogens is 160 g/mol. The van der Waals surface area contributed by atoms with E-state index in [-0.39, 0.29) is 0 Å². The van der Waals surface area contributed by atoms with Gasteiger partial charge in [0.2, 0.25) is 0 Å². The average Bonchev–Trinajstić information content (AvgIpc) is 2.26. The van der Waals surface area contributed by atoms with E-state index in [2.05, 4.69) is 5.10 Å². The molecule has 0 saturated carbocycles. The van der Waals surface area contributed by atoms with Crippen LogP contribution in [0.4, 0.5) is 0 Å². The van der Waals surface area contributed by atoms with Crippen molar-refractivity contribution in [1.82, 2.24) is 9.78 Å². The fourth-order valence-corrected chi connectivity index (χ4v) is 1.08. The van der Waals surface area contributed by atoms with Crippen LogP contribution in [-0.2, 0) is 6.54 Å². The first-order chi connectivity index (χ1) is 5.24. The first kappa shape index (κ1) is 8.34. The molecule has 1 heterocycles. The molecule has 0 radical (unpaired) electrons. The zero-order chi connectivity index (χ0) is 8.27. The number of nitrogens with zero attached hydrogens (tertiary/aromatic N) is 2. The van der Waals surface area contributed by atoms with Crippen LogP contribution in [0.1, 0.15) is 11.4 Å². The Bertz CT molecular complexity index is 263. The molecule has 2 nitrogen and oxygen atoms in total. The monoisotopic (exact) mass is 170 g/mol. The molecule has 1 aromatic rings. The molecule has 0 N–H and O–H groups in total. The molecule has 0 bridgehead atoms. The van der Waals surface area contributed by atoms with E-state index < -0.39 is 0 Å². The van der Waals surface area contributed by atoms with Crippen LogP contribution in [-0.4, -0.2) is 9.78 Å². The minimum atomic E-state index is 0.753. The zero-order valence-electron chi connectivity index (χ0n) is 6.71. The van der Waals surface area contributed by atoms with Crippen LogP contribution in [0.3, 0.4) is 0 Å². The van der Waals surface area contributed by atoms with Crippen molar-refractivity contribution in [3.8, 4) is 0 Å². The predicted molar refractivity (Wildman–Crippen MR) is 46.7 cm³/mol. The number of rotatable bonds is 2. The number of aromatic nitrogens is 2. The van der Waals surface area contributed by atoms with Gasteiger partial charge in [0.1, 0.15) is 0 Å². The Kier molecular flexibility index (Phi) is 2.71. The number of aryl methyl sites for hydroxylation is 2. The fraction of sp³-hybridized carbons (Fsp3) is 0.375. The summed E-state index contributed by atoms with van der Waals surface area (Å²) in [5.74, 6) is 0. The Balaban J connectivity index is 2.77. The highest BCUT2D eigenvalue weighted by Crippen LogP contribution is 2.01. The standard InChI is InChI=1S/C8H11ClN2/c1-7-6-8(2)11(10-7)5-3-4-9/h3-4,6H,5H2,1-2H3. The molecule has 0 saturated heterocycles. The van der Waals surface area contributed by atoms with Crippen molar-refractivity contribution in [1.29, 1.82) is 0 Å². The Labute approximate surface area is 71.5 Å². The van der Waals surface area contributed by atoms with E-state index in [1.165, 1.54) is 5.54 Å². The predicted octanol–water partition coefficient (Wildman–Crippen LogP) is 2.25. The van der Waals surface area contributed by atoms with E-state index in [4.69, 9.17) is 11.6 Å². The summed E-state index contributed by atoms with van der Waals surface area (Å²) in [4.78, 5) is 0. The fourth-order valence-electron chi connectivity index (χ4n) is 0.999. The highest BCUT2D eigenvalue weighted by Gasteiger charge is 1.96. The molecule has 0 aliphatic rings. The minimum Gasteiger partial charge on any atom is -0.266 e. The number of hydrogen-bond donors (Lipinski definition) is 0. The first-order valence-electron chi connectivity index (χ1n) is 3.50. The summed E-state index contributed by atoms with van der Waals surface area (Å²) in [6, 6.07) is 2.04. The van der Waals surface area contributed by atoms with Gasteiger partial charge < -0.3 is 0 Å². The summed E-state index contributed by atoms with van der Waals surface area (Å²) < 4.78 is 1.91. The van der Waals surface area contributed by atoms with Gasteiger partial charge in [-0.25, -0.2) is 0 Å². The molecule has 0 amide bonds. The maximum Gasteiger partial charge on any atom is 0.0604 e. The third kappa shape index (κ3) is 2.09. The maximum absolute atomic E-state index is 5.39. The Morgan fingerprint density at radius 2 is 2.36 bits per heavy atom. The number of halogens is 1. The van der Waals surface area contributed by atoms with Gasteiger partial charge in [-0.3, -0.25) is 4.68 Å². The largest absolute Gasteiger partial charge is 0.266 e. The Morgan fingerprint density at radius 3 is 2.82 bits per heavy atom. The van der Waals surface area contributed by atoms with Gasteiger partial charge in [-0.15, -0.1) is 0 Å². The molecule has 0 aliphatic carbocycles.